The Kier molecular flexibility index (Phi) is 5.91. The number of nitro benzene ring substituents is 1. The van der Waals surface area contributed by atoms with E-state index in [0.717, 1.165) is 5.56 Å². The maximum Gasteiger partial charge on any atom is 0.311 e. The van der Waals surface area contributed by atoms with Crippen LogP contribution in [0.15, 0.2) is 12.1 Å². The molecule has 1 atom stereocenters. The Balaban J connectivity index is 2.74. The fourth-order valence-electron chi connectivity index (χ4n) is 1.87. The fourth-order valence-corrected chi connectivity index (χ4v) is 1.87. The van der Waals surface area contributed by atoms with Gasteiger partial charge in [-0.3, -0.25) is 10.1 Å². The van der Waals surface area contributed by atoms with Crippen molar-refractivity contribution in [2.24, 2.45) is 0 Å². The monoisotopic (exact) mass is 282 g/mol. The van der Waals surface area contributed by atoms with Gasteiger partial charge in [-0.1, -0.05) is 19.9 Å². The van der Waals surface area contributed by atoms with Crippen molar-refractivity contribution in [3.05, 3.63) is 33.4 Å². The van der Waals surface area contributed by atoms with Crippen molar-refractivity contribution < 1.29 is 14.8 Å². The molecule has 6 nitrogen and oxygen atoms in total. The topological polar surface area (TPSA) is 84.6 Å². The van der Waals surface area contributed by atoms with Gasteiger partial charge in [-0.05, 0) is 25.0 Å². The van der Waals surface area contributed by atoms with Crippen LogP contribution in [0.25, 0.3) is 0 Å². The molecule has 2 N–H and O–H groups in total. The van der Waals surface area contributed by atoms with Crippen LogP contribution in [0.2, 0.25) is 0 Å². The second kappa shape index (κ2) is 7.21. The summed E-state index contributed by atoms with van der Waals surface area (Å²) >= 11 is 0. The zero-order chi connectivity index (χ0) is 15.3. The summed E-state index contributed by atoms with van der Waals surface area (Å²) < 4.78 is 5.45. The van der Waals surface area contributed by atoms with Gasteiger partial charge < -0.3 is 15.2 Å². The maximum atomic E-state index is 11.0. The fraction of sp³-hybridized carbons (Fsp3) is 0.571. The van der Waals surface area contributed by atoms with E-state index in [1.807, 2.05) is 19.9 Å². The van der Waals surface area contributed by atoms with Gasteiger partial charge in [-0.2, -0.15) is 0 Å². The number of rotatable bonds is 7. The number of ether oxygens (including phenoxy) is 1. The van der Waals surface area contributed by atoms with E-state index in [1.165, 1.54) is 6.07 Å². The number of nitro groups is 1. The molecule has 0 aliphatic heterocycles. The molecule has 0 saturated heterocycles. The number of nitrogens with one attached hydrogen (secondary N) is 1. The molecule has 0 bridgehead atoms. The third-order valence-corrected chi connectivity index (χ3v) is 2.78. The van der Waals surface area contributed by atoms with Crippen molar-refractivity contribution in [1.29, 1.82) is 0 Å². The average molecular weight is 282 g/mol. The highest BCUT2D eigenvalue weighted by molar-refractivity contribution is 5.53. The molecule has 6 heteroatoms. The molecule has 0 aromatic heterocycles. The summed E-state index contributed by atoms with van der Waals surface area (Å²) in [6, 6.07) is 3.56. The largest absolute Gasteiger partial charge is 0.484 e. The van der Waals surface area contributed by atoms with Crippen molar-refractivity contribution in [3.63, 3.8) is 0 Å². The van der Waals surface area contributed by atoms with E-state index in [-0.39, 0.29) is 24.1 Å². The summed E-state index contributed by atoms with van der Waals surface area (Å²) in [5, 5.41) is 23.9. The van der Waals surface area contributed by atoms with E-state index in [4.69, 9.17) is 4.74 Å². The zero-order valence-corrected chi connectivity index (χ0v) is 12.3. The van der Waals surface area contributed by atoms with Crippen LogP contribution in [-0.4, -0.2) is 35.3 Å². The van der Waals surface area contributed by atoms with E-state index in [1.54, 1.807) is 13.8 Å². The number of aliphatic hydroxyl groups excluding tert-OH is 1. The molecule has 1 aromatic rings. The molecular weight excluding hydrogens is 260 g/mol. The van der Waals surface area contributed by atoms with E-state index in [9.17, 15) is 15.2 Å². The highest BCUT2D eigenvalue weighted by Gasteiger charge is 2.19. The highest BCUT2D eigenvalue weighted by Crippen LogP contribution is 2.32. The van der Waals surface area contributed by atoms with Gasteiger partial charge >= 0.3 is 5.69 Å². The lowest BCUT2D eigenvalue weighted by atomic mass is 10.1. The third kappa shape index (κ3) is 4.79. The predicted octanol–water partition coefficient (Wildman–Crippen LogP) is 1.95. The van der Waals surface area contributed by atoms with E-state index in [2.05, 4.69) is 5.32 Å². The second-order valence-electron chi connectivity index (χ2n) is 5.21. The van der Waals surface area contributed by atoms with Gasteiger partial charge in [0.15, 0.2) is 5.75 Å². The molecule has 1 aromatic carbocycles. The van der Waals surface area contributed by atoms with Crippen LogP contribution in [0, 0.1) is 24.0 Å². The molecule has 1 unspecified atom stereocenters. The van der Waals surface area contributed by atoms with Crippen molar-refractivity contribution in [2.45, 2.75) is 39.8 Å². The van der Waals surface area contributed by atoms with Gasteiger partial charge in [0.05, 0.1) is 4.92 Å². The predicted molar refractivity (Wildman–Crippen MR) is 77.2 cm³/mol. The summed E-state index contributed by atoms with van der Waals surface area (Å²) in [5.74, 6) is 0.226. The first-order chi connectivity index (χ1) is 9.31. The molecule has 112 valence electrons. The van der Waals surface area contributed by atoms with Gasteiger partial charge in [0.25, 0.3) is 0 Å². The van der Waals surface area contributed by atoms with Gasteiger partial charge in [0.2, 0.25) is 0 Å². The number of aryl methyl sites for hydroxylation is 2. The minimum atomic E-state index is -0.710. The summed E-state index contributed by atoms with van der Waals surface area (Å²) in [4.78, 5) is 10.6. The number of nitrogens with zero attached hydrogens (tertiary/aromatic N) is 1. The molecule has 0 fully saturated rings. The van der Waals surface area contributed by atoms with Crippen LogP contribution in [0.3, 0.4) is 0 Å². The average Bonchev–Trinajstić information content (AvgIpc) is 2.34. The summed E-state index contributed by atoms with van der Waals surface area (Å²) in [5.41, 5.74) is 1.44. The molecular formula is C14H22N2O4. The number of benzene rings is 1. The Morgan fingerprint density at radius 2 is 2.05 bits per heavy atom. The SMILES string of the molecule is Cc1cc(C)c(OCC(O)CNC(C)C)c([N+](=O)[O-])c1. The number of hydrogen-bond donors (Lipinski definition) is 2. The minimum Gasteiger partial charge on any atom is -0.484 e. The molecule has 0 spiro atoms. The van der Waals surface area contributed by atoms with Crippen molar-refractivity contribution in [2.75, 3.05) is 13.2 Å². The molecule has 20 heavy (non-hydrogen) atoms. The molecule has 0 saturated carbocycles. The Hall–Kier alpha value is -1.66. The molecule has 1 rings (SSSR count). The van der Waals surface area contributed by atoms with Crippen molar-refractivity contribution in [3.8, 4) is 5.75 Å². The first-order valence-electron chi connectivity index (χ1n) is 6.61. The quantitative estimate of drug-likeness (QED) is 0.590. The van der Waals surface area contributed by atoms with Crippen LogP contribution in [-0.2, 0) is 0 Å². The normalized spacial score (nSPS) is 12.5. The Morgan fingerprint density at radius 1 is 1.40 bits per heavy atom. The van der Waals surface area contributed by atoms with Crippen LogP contribution in [0.1, 0.15) is 25.0 Å². The second-order valence-corrected chi connectivity index (χ2v) is 5.21. The minimum absolute atomic E-state index is 0.0183. The summed E-state index contributed by atoms with van der Waals surface area (Å²) in [7, 11) is 0. The van der Waals surface area contributed by atoms with E-state index in [0.29, 0.717) is 12.1 Å². The van der Waals surface area contributed by atoms with E-state index < -0.39 is 11.0 Å². The highest BCUT2D eigenvalue weighted by atomic mass is 16.6. The Morgan fingerprint density at radius 3 is 2.60 bits per heavy atom. The molecule has 0 amide bonds. The smallest absolute Gasteiger partial charge is 0.311 e. The van der Waals surface area contributed by atoms with Gasteiger partial charge in [0.1, 0.15) is 12.7 Å². The van der Waals surface area contributed by atoms with Crippen molar-refractivity contribution >= 4 is 5.69 Å². The zero-order valence-electron chi connectivity index (χ0n) is 12.3. The molecule has 0 aliphatic rings. The first kappa shape index (κ1) is 16.4. The Bertz CT molecular complexity index is 474. The van der Waals surface area contributed by atoms with Gasteiger partial charge in [0, 0.05) is 18.7 Å². The number of hydrogen-bond acceptors (Lipinski definition) is 5. The summed E-state index contributed by atoms with van der Waals surface area (Å²) in [6.07, 6.45) is -0.710. The lowest BCUT2D eigenvalue weighted by Crippen LogP contribution is -2.35. The van der Waals surface area contributed by atoms with Gasteiger partial charge in [-0.15, -0.1) is 0 Å². The maximum absolute atomic E-state index is 11.0. The van der Waals surface area contributed by atoms with Gasteiger partial charge in [-0.25, -0.2) is 0 Å². The number of aliphatic hydroxyl groups is 1. The Labute approximate surface area is 118 Å². The van der Waals surface area contributed by atoms with Crippen molar-refractivity contribution in [1.82, 2.24) is 5.32 Å². The lowest BCUT2D eigenvalue weighted by Gasteiger charge is -2.16. The first-order valence-corrected chi connectivity index (χ1v) is 6.61. The molecule has 0 heterocycles. The standard InChI is InChI=1S/C14H22N2O4/c1-9(2)15-7-12(17)8-20-14-11(4)5-10(3)6-13(14)16(18)19/h5-6,9,12,15,17H,7-8H2,1-4H3. The van der Waals surface area contributed by atoms with Crippen LogP contribution in [0.5, 0.6) is 5.75 Å². The third-order valence-electron chi connectivity index (χ3n) is 2.78. The van der Waals surface area contributed by atoms with Crippen LogP contribution < -0.4 is 10.1 Å². The summed E-state index contributed by atoms with van der Waals surface area (Å²) in [6.45, 7) is 7.91. The van der Waals surface area contributed by atoms with Crippen LogP contribution >= 0.6 is 0 Å². The van der Waals surface area contributed by atoms with Crippen LogP contribution in [0.4, 0.5) is 5.69 Å². The molecule has 0 radical (unpaired) electrons. The molecule has 0 aliphatic carbocycles. The van der Waals surface area contributed by atoms with E-state index >= 15 is 0 Å². The lowest BCUT2D eigenvalue weighted by molar-refractivity contribution is -0.386.